The predicted molar refractivity (Wildman–Crippen MR) is 97.5 cm³/mol. The van der Waals surface area contributed by atoms with Crippen LogP contribution in [0.2, 0.25) is 0 Å². The normalized spacial score (nSPS) is 12.5. The quantitative estimate of drug-likeness (QED) is 0.756. The van der Waals surface area contributed by atoms with E-state index in [1.807, 2.05) is 19.1 Å². The van der Waals surface area contributed by atoms with E-state index in [0.29, 0.717) is 24.5 Å². The van der Waals surface area contributed by atoms with Crippen molar-refractivity contribution in [3.05, 3.63) is 29.8 Å². The Morgan fingerprint density at radius 1 is 1.04 bits per heavy atom. The molecule has 0 unspecified atom stereocenters. The zero-order chi connectivity index (χ0) is 18.5. The summed E-state index contributed by atoms with van der Waals surface area (Å²) in [5.74, 6) is -0.0709. The Hall–Kier alpha value is -1.40. The van der Waals surface area contributed by atoms with Crippen LogP contribution in [0.5, 0.6) is 0 Å². The number of nitrogens with zero attached hydrogens (tertiary/aromatic N) is 2. The third-order valence-electron chi connectivity index (χ3n) is 4.05. The van der Waals surface area contributed by atoms with Gasteiger partial charge in [-0.3, -0.25) is 4.79 Å². The molecule has 24 heavy (non-hydrogen) atoms. The van der Waals surface area contributed by atoms with Crippen LogP contribution in [0.25, 0.3) is 0 Å². The molecule has 1 rings (SSSR count). The summed E-state index contributed by atoms with van der Waals surface area (Å²) in [6.45, 7) is 10.8. The van der Waals surface area contributed by atoms with Crippen LogP contribution in [0, 0.1) is 0 Å². The molecule has 0 atom stereocenters. The number of rotatable bonds is 7. The highest BCUT2D eigenvalue weighted by Gasteiger charge is 2.25. The zero-order valence-electron chi connectivity index (χ0n) is 15.7. The summed E-state index contributed by atoms with van der Waals surface area (Å²) in [6.07, 6.45) is 0.725. The number of carbonyl (C=O) groups excluding carboxylic acids is 1. The highest BCUT2D eigenvalue weighted by molar-refractivity contribution is 7.89. The van der Waals surface area contributed by atoms with Gasteiger partial charge in [0.15, 0.2) is 0 Å². The highest BCUT2D eigenvalue weighted by atomic mass is 32.2. The first-order valence-electron chi connectivity index (χ1n) is 8.32. The van der Waals surface area contributed by atoms with Gasteiger partial charge in [-0.05, 0) is 29.5 Å². The van der Waals surface area contributed by atoms with Gasteiger partial charge in [-0.15, -0.1) is 0 Å². The van der Waals surface area contributed by atoms with E-state index >= 15 is 0 Å². The second-order valence-electron chi connectivity index (χ2n) is 7.12. The van der Waals surface area contributed by atoms with Crippen molar-refractivity contribution in [2.45, 2.75) is 51.3 Å². The van der Waals surface area contributed by atoms with Crippen LogP contribution in [0.3, 0.4) is 0 Å². The summed E-state index contributed by atoms with van der Waals surface area (Å²) in [5, 5.41) is 0. The SMILES string of the molecule is CCCN(CCN(C)C(C)=O)S(=O)(=O)c1ccc(C(C)(C)C)cc1. The third kappa shape index (κ3) is 5.31. The smallest absolute Gasteiger partial charge is 0.243 e. The molecule has 0 bridgehead atoms. The summed E-state index contributed by atoms with van der Waals surface area (Å²) in [5.41, 5.74) is 1.08. The Morgan fingerprint density at radius 3 is 2.00 bits per heavy atom. The standard InChI is InChI=1S/C18H30N2O3S/c1-7-12-20(14-13-19(6)15(2)21)24(22,23)17-10-8-16(9-11-17)18(3,4)5/h8-11H,7,12-14H2,1-6H3. The summed E-state index contributed by atoms with van der Waals surface area (Å²) < 4.78 is 27.2. The van der Waals surface area contributed by atoms with Gasteiger partial charge in [0.1, 0.15) is 0 Å². The number of sulfonamides is 1. The average Bonchev–Trinajstić information content (AvgIpc) is 2.50. The van der Waals surface area contributed by atoms with Gasteiger partial charge in [-0.25, -0.2) is 8.42 Å². The molecule has 0 fully saturated rings. The van der Waals surface area contributed by atoms with Crippen molar-refractivity contribution in [3.63, 3.8) is 0 Å². The van der Waals surface area contributed by atoms with Crippen molar-refractivity contribution in [1.82, 2.24) is 9.21 Å². The molecule has 0 aliphatic rings. The minimum atomic E-state index is -3.55. The van der Waals surface area contributed by atoms with Crippen LogP contribution >= 0.6 is 0 Å². The molecule has 0 aromatic heterocycles. The summed E-state index contributed by atoms with van der Waals surface area (Å²) >= 11 is 0. The number of amides is 1. The maximum Gasteiger partial charge on any atom is 0.243 e. The summed E-state index contributed by atoms with van der Waals surface area (Å²) in [6, 6.07) is 7.10. The summed E-state index contributed by atoms with van der Waals surface area (Å²) in [4.78, 5) is 13.2. The lowest BCUT2D eigenvalue weighted by molar-refractivity contribution is -0.127. The monoisotopic (exact) mass is 354 g/mol. The molecule has 0 saturated heterocycles. The molecular weight excluding hydrogens is 324 g/mol. The Bertz CT molecular complexity index is 646. The van der Waals surface area contributed by atoms with Crippen molar-refractivity contribution in [1.29, 1.82) is 0 Å². The van der Waals surface area contributed by atoms with E-state index in [1.165, 1.54) is 16.1 Å². The van der Waals surface area contributed by atoms with Gasteiger partial charge < -0.3 is 4.90 Å². The lowest BCUT2D eigenvalue weighted by Gasteiger charge is -2.25. The Morgan fingerprint density at radius 2 is 1.58 bits per heavy atom. The van der Waals surface area contributed by atoms with Crippen molar-refractivity contribution >= 4 is 15.9 Å². The number of carbonyl (C=O) groups is 1. The van der Waals surface area contributed by atoms with Crippen LogP contribution in [0.15, 0.2) is 29.2 Å². The van der Waals surface area contributed by atoms with Crippen molar-refractivity contribution in [2.24, 2.45) is 0 Å². The number of hydrogen-bond donors (Lipinski definition) is 0. The first-order valence-corrected chi connectivity index (χ1v) is 9.76. The lowest BCUT2D eigenvalue weighted by atomic mass is 9.87. The molecule has 0 heterocycles. The van der Waals surface area contributed by atoms with E-state index < -0.39 is 10.0 Å². The van der Waals surface area contributed by atoms with Gasteiger partial charge in [0, 0.05) is 33.6 Å². The maximum atomic E-state index is 12.9. The van der Waals surface area contributed by atoms with Crippen LogP contribution < -0.4 is 0 Å². The molecule has 1 aromatic rings. The minimum absolute atomic E-state index is 0.0183. The molecule has 6 heteroatoms. The molecule has 0 saturated carbocycles. The van der Waals surface area contributed by atoms with Crippen molar-refractivity contribution in [3.8, 4) is 0 Å². The minimum Gasteiger partial charge on any atom is -0.345 e. The van der Waals surface area contributed by atoms with Crippen molar-refractivity contribution in [2.75, 3.05) is 26.7 Å². The second-order valence-corrected chi connectivity index (χ2v) is 9.06. The molecule has 136 valence electrons. The molecule has 0 N–H and O–H groups in total. The van der Waals surface area contributed by atoms with Gasteiger partial charge in [-0.2, -0.15) is 4.31 Å². The molecule has 1 aromatic carbocycles. The molecule has 1 amide bonds. The molecular formula is C18H30N2O3S. The zero-order valence-corrected chi connectivity index (χ0v) is 16.5. The van der Waals surface area contributed by atoms with Crippen LogP contribution in [0.1, 0.15) is 46.6 Å². The topological polar surface area (TPSA) is 57.7 Å². The number of benzene rings is 1. The predicted octanol–water partition coefficient (Wildman–Crippen LogP) is 2.86. The first kappa shape index (κ1) is 20.6. The van der Waals surface area contributed by atoms with E-state index in [0.717, 1.165) is 12.0 Å². The van der Waals surface area contributed by atoms with E-state index in [4.69, 9.17) is 0 Å². The lowest BCUT2D eigenvalue weighted by Crippen LogP contribution is -2.39. The van der Waals surface area contributed by atoms with Crippen molar-refractivity contribution < 1.29 is 13.2 Å². The van der Waals surface area contributed by atoms with Gasteiger partial charge in [-0.1, -0.05) is 39.8 Å². The third-order valence-corrected chi connectivity index (χ3v) is 5.97. The fourth-order valence-electron chi connectivity index (χ4n) is 2.30. The van der Waals surface area contributed by atoms with Gasteiger partial charge in [0.05, 0.1) is 4.90 Å². The molecule has 0 radical (unpaired) electrons. The average molecular weight is 355 g/mol. The molecule has 5 nitrogen and oxygen atoms in total. The molecule has 0 aliphatic carbocycles. The fraction of sp³-hybridized carbons (Fsp3) is 0.611. The van der Waals surface area contributed by atoms with E-state index in [9.17, 15) is 13.2 Å². The van der Waals surface area contributed by atoms with Crippen LogP contribution in [-0.4, -0.2) is 50.2 Å². The molecule has 0 aliphatic heterocycles. The Balaban J connectivity index is 3.01. The highest BCUT2D eigenvalue weighted by Crippen LogP contribution is 2.24. The first-order chi connectivity index (χ1) is 11.0. The second kappa shape index (κ2) is 8.12. The number of hydrogen-bond acceptors (Lipinski definition) is 3. The maximum absolute atomic E-state index is 12.9. The van der Waals surface area contributed by atoms with Gasteiger partial charge >= 0.3 is 0 Å². The largest absolute Gasteiger partial charge is 0.345 e. The van der Waals surface area contributed by atoms with E-state index in [-0.39, 0.29) is 11.3 Å². The molecule has 0 spiro atoms. The fourth-order valence-corrected chi connectivity index (χ4v) is 3.82. The van der Waals surface area contributed by atoms with Crippen LogP contribution in [-0.2, 0) is 20.2 Å². The van der Waals surface area contributed by atoms with E-state index in [1.54, 1.807) is 19.2 Å². The Kier molecular flexibility index (Phi) is 6.98. The number of likely N-dealkylation sites (N-methyl/N-ethyl adjacent to an activating group) is 1. The van der Waals surface area contributed by atoms with Crippen LogP contribution in [0.4, 0.5) is 0 Å². The van der Waals surface area contributed by atoms with E-state index in [2.05, 4.69) is 20.8 Å². The van der Waals surface area contributed by atoms with Gasteiger partial charge in [0.25, 0.3) is 0 Å². The van der Waals surface area contributed by atoms with Gasteiger partial charge in [0.2, 0.25) is 15.9 Å². The Labute approximate surface area is 146 Å². The summed E-state index contributed by atoms with van der Waals surface area (Å²) in [7, 11) is -1.87.